The molecule has 3 heteroatoms. The van der Waals surface area contributed by atoms with Crippen LogP contribution in [0.2, 0.25) is 0 Å². The summed E-state index contributed by atoms with van der Waals surface area (Å²) < 4.78 is 11.8. The van der Waals surface area contributed by atoms with E-state index in [9.17, 15) is 0 Å². The van der Waals surface area contributed by atoms with Gasteiger partial charge in [0.05, 0.1) is 6.61 Å². The minimum absolute atomic E-state index is 0.0486. The maximum absolute atomic E-state index is 6.25. The van der Waals surface area contributed by atoms with Crippen LogP contribution in [0.4, 0.5) is 0 Å². The van der Waals surface area contributed by atoms with E-state index in [1.54, 1.807) is 0 Å². The van der Waals surface area contributed by atoms with Gasteiger partial charge >= 0.3 is 0 Å². The zero-order valence-electron chi connectivity index (χ0n) is 12.1. The highest BCUT2D eigenvalue weighted by molar-refractivity contribution is 5.33. The van der Waals surface area contributed by atoms with E-state index < -0.39 is 0 Å². The van der Waals surface area contributed by atoms with E-state index in [4.69, 9.17) is 9.47 Å². The van der Waals surface area contributed by atoms with Crippen LogP contribution < -0.4 is 14.8 Å². The van der Waals surface area contributed by atoms with E-state index in [0.29, 0.717) is 6.61 Å². The Morgan fingerprint density at radius 3 is 2.63 bits per heavy atom. The van der Waals surface area contributed by atoms with E-state index in [2.05, 4.69) is 12.2 Å². The van der Waals surface area contributed by atoms with Crippen LogP contribution in [-0.2, 0) is 0 Å². The molecule has 1 aliphatic rings. The first-order valence-corrected chi connectivity index (χ1v) is 7.40. The molecule has 0 spiro atoms. The number of hydrogen-bond donors (Lipinski definition) is 1. The van der Waals surface area contributed by atoms with E-state index in [1.807, 2.05) is 31.2 Å². The van der Waals surface area contributed by atoms with Gasteiger partial charge in [0.25, 0.3) is 0 Å². The third kappa shape index (κ3) is 3.87. The summed E-state index contributed by atoms with van der Waals surface area (Å²) in [5.41, 5.74) is 0.0486. The Morgan fingerprint density at radius 2 is 2.00 bits per heavy atom. The molecule has 0 unspecified atom stereocenters. The quantitative estimate of drug-likeness (QED) is 0.729. The number of ether oxygens (including phenoxy) is 2. The van der Waals surface area contributed by atoms with Crippen LogP contribution in [0.3, 0.4) is 0 Å². The van der Waals surface area contributed by atoms with Crippen LogP contribution in [0.5, 0.6) is 11.5 Å². The lowest BCUT2D eigenvalue weighted by Gasteiger charge is -2.42. The Bertz CT molecular complexity index is 388. The third-order valence-corrected chi connectivity index (χ3v) is 3.72. The largest absolute Gasteiger partial charge is 0.494 e. The average Bonchev–Trinajstić information content (AvgIpc) is 2.37. The van der Waals surface area contributed by atoms with Crippen LogP contribution in [-0.4, -0.2) is 25.3 Å². The Balaban J connectivity index is 1.95. The lowest BCUT2D eigenvalue weighted by Crippen LogP contribution is -2.45. The molecule has 1 fully saturated rings. The second kappa shape index (κ2) is 6.80. The van der Waals surface area contributed by atoms with Crippen LogP contribution in [0.15, 0.2) is 24.3 Å². The molecular weight excluding hydrogens is 238 g/mol. The molecule has 0 bridgehead atoms. The highest BCUT2D eigenvalue weighted by Gasteiger charge is 2.38. The normalized spacial score (nSPS) is 16.7. The van der Waals surface area contributed by atoms with Gasteiger partial charge in [0.2, 0.25) is 0 Å². The van der Waals surface area contributed by atoms with Gasteiger partial charge in [0.15, 0.2) is 0 Å². The first-order chi connectivity index (χ1) is 9.28. The van der Waals surface area contributed by atoms with E-state index in [0.717, 1.165) is 43.9 Å². The van der Waals surface area contributed by atoms with Crippen molar-refractivity contribution in [3.8, 4) is 11.5 Å². The fourth-order valence-electron chi connectivity index (χ4n) is 2.51. The summed E-state index contributed by atoms with van der Waals surface area (Å²) in [6, 6.07) is 7.99. The van der Waals surface area contributed by atoms with Gasteiger partial charge < -0.3 is 14.8 Å². The van der Waals surface area contributed by atoms with Gasteiger partial charge in [0, 0.05) is 6.07 Å². The predicted molar refractivity (Wildman–Crippen MR) is 78.0 cm³/mol. The molecule has 1 N–H and O–H groups in total. The maximum atomic E-state index is 6.25. The van der Waals surface area contributed by atoms with Crippen molar-refractivity contribution in [3.05, 3.63) is 24.3 Å². The van der Waals surface area contributed by atoms with E-state index in [1.165, 1.54) is 6.42 Å². The standard InChI is InChI=1S/C16H25NO2/c1-3-17-12-11-16(9-6-10-16)19-15-8-5-7-14(13-15)18-4-2/h5,7-8,13,17H,3-4,6,9-12H2,1-2H3. The maximum Gasteiger partial charge on any atom is 0.123 e. The molecule has 0 aromatic heterocycles. The molecule has 106 valence electrons. The number of hydrogen-bond acceptors (Lipinski definition) is 3. The van der Waals surface area contributed by atoms with Gasteiger partial charge in [-0.25, -0.2) is 0 Å². The molecule has 2 rings (SSSR count). The lowest BCUT2D eigenvalue weighted by molar-refractivity contribution is -0.0142. The molecule has 19 heavy (non-hydrogen) atoms. The van der Waals surface area contributed by atoms with E-state index >= 15 is 0 Å². The molecule has 0 atom stereocenters. The summed E-state index contributed by atoms with van der Waals surface area (Å²) in [5, 5.41) is 3.38. The van der Waals surface area contributed by atoms with Crippen molar-refractivity contribution in [1.82, 2.24) is 5.32 Å². The zero-order chi connectivity index (χ0) is 13.6. The van der Waals surface area contributed by atoms with Gasteiger partial charge in [-0.15, -0.1) is 0 Å². The van der Waals surface area contributed by atoms with Gasteiger partial charge in [-0.1, -0.05) is 13.0 Å². The fourth-order valence-corrected chi connectivity index (χ4v) is 2.51. The van der Waals surface area contributed by atoms with Gasteiger partial charge in [-0.05, 0) is 57.8 Å². The molecule has 1 aromatic rings. The summed E-state index contributed by atoms with van der Waals surface area (Å²) in [6.07, 6.45) is 4.69. The van der Waals surface area contributed by atoms with Gasteiger partial charge in [-0.2, -0.15) is 0 Å². The second-order valence-corrected chi connectivity index (χ2v) is 5.15. The summed E-state index contributed by atoms with van der Waals surface area (Å²) >= 11 is 0. The fraction of sp³-hybridized carbons (Fsp3) is 0.625. The molecule has 0 saturated heterocycles. The van der Waals surface area contributed by atoms with Crippen LogP contribution >= 0.6 is 0 Å². The highest BCUT2D eigenvalue weighted by Crippen LogP contribution is 2.39. The summed E-state index contributed by atoms with van der Waals surface area (Å²) in [6.45, 7) is 6.88. The Hall–Kier alpha value is -1.22. The summed E-state index contributed by atoms with van der Waals surface area (Å²) in [5.74, 6) is 1.82. The smallest absolute Gasteiger partial charge is 0.123 e. The van der Waals surface area contributed by atoms with Crippen molar-refractivity contribution in [3.63, 3.8) is 0 Å². The number of nitrogens with one attached hydrogen (secondary N) is 1. The molecule has 1 aromatic carbocycles. The highest BCUT2D eigenvalue weighted by atomic mass is 16.5. The minimum atomic E-state index is 0.0486. The van der Waals surface area contributed by atoms with Crippen molar-refractivity contribution in [1.29, 1.82) is 0 Å². The SMILES string of the molecule is CCNCCC1(Oc2cccc(OCC)c2)CCC1. The molecule has 3 nitrogen and oxygen atoms in total. The molecular formula is C16H25NO2. The third-order valence-electron chi connectivity index (χ3n) is 3.72. The first-order valence-electron chi connectivity index (χ1n) is 7.40. The van der Waals surface area contributed by atoms with Crippen LogP contribution in [0, 0.1) is 0 Å². The molecule has 0 aliphatic heterocycles. The molecule has 0 amide bonds. The summed E-state index contributed by atoms with van der Waals surface area (Å²) in [4.78, 5) is 0. The minimum Gasteiger partial charge on any atom is -0.494 e. The van der Waals surface area contributed by atoms with Crippen molar-refractivity contribution < 1.29 is 9.47 Å². The number of rotatable bonds is 8. The zero-order valence-corrected chi connectivity index (χ0v) is 12.1. The topological polar surface area (TPSA) is 30.5 Å². The van der Waals surface area contributed by atoms with Crippen molar-refractivity contribution in [2.45, 2.75) is 45.1 Å². The molecule has 0 radical (unpaired) electrons. The second-order valence-electron chi connectivity index (χ2n) is 5.15. The Kier molecular flexibility index (Phi) is 5.08. The van der Waals surface area contributed by atoms with Crippen molar-refractivity contribution >= 4 is 0 Å². The van der Waals surface area contributed by atoms with Gasteiger partial charge in [0.1, 0.15) is 17.1 Å². The van der Waals surface area contributed by atoms with Crippen molar-refractivity contribution in [2.24, 2.45) is 0 Å². The Labute approximate surface area is 116 Å². The average molecular weight is 263 g/mol. The number of benzene rings is 1. The van der Waals surface area contributed by atoms with Crippen LogP contribution in [0.1, 0.15) is 39.5 Å². The Morgan fingerprint density at radius 1 is 1.21 bits per heavy atom. The predicted octanol–water partition coefficient (Wildman–Crippen LogP) is 3.39. The van der Waals surface area contributed by atoms with Crippen LogP contribution in [0.25, 0.3) is 0 Å². The first kappa shape index (κ1) is 14.2. The summed E-state index contributed by atoms with van der Waals surface area (Å²) in [7, 11) is 0. The molecule has 1 saturated carbocycles. The monoisotopic (exact) mass is 263 g/mol. The van der Waals surface area contributed by atoms with E-state index in [-0.39, 0.29) is 5.60 Å². The molecule has 0 heterocycles. The molecule has 1 aliphatic carbocycles. The van der Waals surface area contributed by atoms with Gasteiger partial charge in [-0.3, -0.25) is 0 Å². The lowest BCUT2D eigenvalue weighted by atomic mass is 9.77. The van der Waals surface area contributed by atoms with Crippen molar-refractivity contribution in [2.75, 3.05) is 19.7 Å².